The van der Waals surface area contributed by atoms with E-state index in [0.29, 0.717) is 0 Å². The van der Waals surface area contributed by atoms with Gasteiger partial charge >= 0.3 is 0 Å². The molecule has 0 heteroatoms. The minimum Gasteiger partial charge on any atom is -0.0651 e. The van der Waals surface area contributed by atoms with Gasteiger partial charge in [0.15, 0.2) is 0 Å². The molecule has 0 bridgehead atoms. The molecule has 1 aliphatic carbocycles. The van der Waals surface area contributed by atoms with Crippen LogP contribution in [0.25, 0.3) is 0 Å². The van der Waals surface area contributed by atoms with E-state index < -0.39 is 0 Å². The average molecular weight is 154 g/mol. The van der Waals surface area contributed by atoms with Crippen molar-refractivity contribution < 1.29 is 0 Å². The highest BCUT2D eigenvalue weighted by Crippen LogP contribution is 2.62. The quantitative estimate of drug-likeness (QED) is 0.577. The van der Waals surface area contributed by atoms with Gasteiger partial charge in [-0.1, -0.05) is 40.5 Å². The van der Waals surface area contributed by atoms with Crippen LogP contribution < -0.4 is 0 Å². The summed E-state index contributed by atoms with van der Waals surface area (Å²) < 4.78 is 0. The van der Waals surface area contributed by atoms with Crippen LogP contribution in [0.4, 0.5) is 0 Å². The van der Waals surface area contributed by atoms with Gasteiger partial charge in [-0.05, 0) is 30.1 Å². The van der Waals surface area contributed by atoms with Crippen LogP contribution in [0.2, 0.25) is 0 Å². The fourth-order valence-electron chi connectivity index (χ4n) is 2.74. The lowest BCUT2D eigenvalue weighted by atomic mass is 9.83. The third kappa shape index (κ3) is 1.32. The SMILES string of the molecule is CCC(C)C1(CC)CC1CC. The van der Waals surface area contributed by atoms with E-state index in [1.807, 2.05) is 0 Å². The molecule has 0 aromatic rings. The van der Waals surface area contributed by atoms with Gasteiger partial charge in [0.05, 0.1) is 0 Å². The maximum absolute atomic E-state index is 2.43. The number of rotatable bonds is 4. The summed E-state index contributed by atoms with van der Waals surface area (Å²) in [4.78, 5) is 0. The van der Waals surface area contributed by atoms with Gasteiger partial charge in [-0.25, -0.2) is 0 Å². The van der Waals surface area contributed by atoms with Gasteiger partial charge in [-0.2, -0.15) is 0 Å². The molecule has 0 aromatic heterocycles. The molecular weight excluding hydrogens is 132 g/mol. The normalized spacial score (nSPS) is 38.7. The molecule has 3 atom stereocenters. The lowest BCUT2D eigenvalue weighted by Gasteiger charge is -2.22. The third-order valence-electron chi connectivity index (χ3n) is 4.02. The largest absolute Gasteiger partial charge is 0.0651 e. The molecular formula is C11H22. The van der Waals surface area contributed by atoms with Crippen LogP contribution in [0.1, 0.15) is 53.4 Å². The molecule has 11 heavy (non-hydrogen) atoms. The first-order valence-electron chi connectivity index (χ1n) is 5.21. The molecule has 1 rings (SSSR count). The maximum atomic E-state index is 2.43. The summed E-state index contributed by atoms with van der Waals surface area (Å²) in [6.45, 7) is 9.46. The Hall–Kier alpha value is 0. The van der Waals surface area contributed by atoms with E-state index in [0.717, 1.165) is 17.3 Å². The third-order valence-corrected chi connectivity index (χ3v) is 4.02. The smallest absolute Gasteiger partial charge is 0.0243 e. The molecule has 0 nitrogen and oxygen atoms in total. The van der Waals surface area contributed by atoms with Gasteiger partial charge < -0.3 is 0 Å². The van der Waals surface area contributed by atoms with Gasteiger partial charge in [-0.3, -0.25) is 0 Å². The summed E-state index contributed by atoms with van der Waals surface area (Å²) in [7, 11) is 0. The topological polar surface area (TPSA) is 0 Å². The summed E-state index contributed by atoms with van der Waals surface area (Å²) in [5.41, 5.74) is 0.767. The Balaban J connectivity index is 2.51. The Kier molecular flexibility index (Phi) is 2.61. The highest BCUT2D eigenvalue weighted by atomic mass is 14.6. The molecule has 1 saturated carbocycles. The molecule has 0 radical (unpaired) electrons. The zero-order chi connectivity index (χ0) is 8.48. The van der Waals surface area contributed by atoms with Crippen molar-refractivity contribution in [3.8, 4) is 0 Å². The maximum Gasteiger partial charge on any atom is -0.0243 e. The Bertz CT molecular complexity index is 128. The summed E-state index contributed by atoms with van der Waals surface area (Å²) >= 11 is 0. The van der Waals surface area contributed by atoms with Crippen LogP contribution >= 0.6 is 0 Å². The van der Waals surface area contributed by atoms with E-state index in [1.165, 1.54) is 25.7 Å². The second-order valence-corrected chi connectivity index (χ2v) is 4.21. The first kappa shape index (κ1) is 9.09. The fourth-order valence-corrected chi connectivity index (χ4v) is 2.74. The molecule has 1 aliphatic rings. The van der Waals surface area contributed by atoms with E-state index in [4.69, 9.17) is 0 Å². The number of hydrogen-bond donors (Lipinski definition) is 0. The van der Waals surface area contributed by atoms with Crippen molar-refractivity contribution in [2.24, 2.45) is 17.3 Å². The molecule has 0 aliphatic heterocycles. The van der Waals surface area contributed by atoms with Gasteiger partial charge in [0, 0.05) is 0 Å². The minimum atomic E-state index is 0.767. The second kappa shape index (κ2) is 3.16. The minimum absolute atomic E-state index is 0.767. The van der Waals surface area contributed by atoms with Crippen LogP contribution in [-0.4, -0.2) is 0 Å². The van der Waals surface area contributed by atoms with Crippen LogP contribution in [0.5, 0.6) is 0 Å². The molecule has 3 unspecified atom stereocenters. The van der Waals surface area contributed by atoms with Crippen molar-refractivity contribution >= 4 is 0 Å². The zero-order valence-electron chi connectivity index (χ0n) is 8.48. The summed E-state index contributed by atoms with van der Waals surface area (Å²) in [6.07, 6.45) is 5.68. The summed E-state index contributed by atoms with van der Waals surface area (Å²) in [6, 6.07) is 0. The van der Waals surface area contributed by atoms with Gasteiger partial charge in [0.2, 0.25) is 0 Å². The molecule has 0 spiro atoms. The van der Waals surface area contributed by atoms with Crippen molar-refractivity contribution in [2.75, 3.05) is 0 Å². The lowest BCUT2D eigenvalue weighted by molar-refractivity contribution is 0.280. The molecule has 0 N–H and O–H groups in total. The summed E-state index contributed by atoms with van der Waals surface area (Å²) in [5.74, 6) is 2.01. The van der Waals surface area contributed by atoms with Gasteiger partial charge in [0.1, 0.15) is 0 Å². The van der Waals surface area contributed by atoms with Crippen LogP contribution in [0.3, 0.4) is 0 Å². The van der Waals surface area contributed by atoms with Gasteiger partial charge in [-0.15, -0.1) is 0 Å². The molecule has 66 valence electrons. The lowest BCUT2D eigenvalue weighted by Crippen LogP contribution is -2.13. The molecule has 0 saturated heterocycles. The highest BCUT2D eigenvalue weighted by Gasteiger charge is 2.53. The van der Waals surface area contributed by atoms with Crippen molar-refractivity contribution in [3.63, 3.8) is 0 Å². The van der Waals surface area contributed by atoms with Gasteiger partial charge in [0.25, 0.3) is 0 Å². The van der Waals surface area contributed by atoms with Crippen LogP contribution in [0, 0.1) is 17.3 Å². The average Bonchev–Trinajstić information content (AvgIpc) is 2.78. The van der Waals surface area contributed by atoms with E-state index in [1.54, 1.807) is 0 Å². The number of hydrogen-bond acceptors (Lipinski definition) is 0. The Labute approximate surface area is 71.4 Å². The molecule has 0 aromatic carbocycles. The second-order valence-electron chi connectivity index (χ2n) is 4.21. The van der Waals surface area contributed by atoms with Crippen molar-refractivity contribution in [3.05, 3.63) is 0 Å². The Morgan fingerprint density at radius 1 is 1.36 bits per heavy atom. The van der Waals surface area contributed by atoms with Crippen molar-refractivity contribution in [1.82, 2.24) is 0 Å². The predicted octanol–water partition coefficient (Wildman–Crippen LogP) is 3.86. The van der Waals surface area contributed by atoms with Crippen LogP contribution in [-0.2, 0) is 0 Å². The first-order valence-corrected chi connectivity index (χ1v) is 5.21. The fraction of sp³-hybridized carbons (Fsp3) is 1.00. The Morgan fingerprint density at radius 3 is 2.27 bits per heavy atom. The summed E-state index contributed by atoms with van der Waals surface area (Å²) in [5, 5.41) is 0. The predicted molar refractivity (Wildman–Crippen MR) is 50.6 cm³/mol. The van der Waals surface area contributed by atoms with E-state index in [2.05, 4.69) is 27.7 Å². The first-order chi connectivity index (χ1) is 5.21. The van der Waals surface area contributed by atoms with Crippen molar-refractivity contribution in [2.45, 2.75) is 53.4 Å². The molecule has 1 fully saturated rings. The molecule has 0 amide bonds. The standard InChI is InChI=1S/C11H22/c1-5-9(4)11(7-3)8-10(11)6-2/h9-10H,5-8H2,1-4H3. The van der Waals surface area contributed by atoms with E-state index in [-0.39, 0.29) is 0 Å². The molecule has 0 heterocycles. The van der Waals surface area contributed by atoms with E-state index in [9.17, 15) is 0 Å². The van der Waals surface area contributed by atoms with Crippen LogP contribution in [0.15, 0.2) is 0 Å². The highest BCUT2D eigenvalue weighted by molar-refractivity contribution is 5.02. The zero-order valence-corrected chi connectivity index (χ0v) is 8.48. The van der Waals surface area contributed by atoms with E-state index >= 15 is 0 Å². The van der Waals surface area contributed by atoms with Crippen molar-refractivity contribution in [1.29, 1.82) is 0 Å². The monoisotopic (exact) mass is 154 g/mol. The Morgan fingerprint density at radius 2 is 2.00 bits per heavy atom.